The number of hydrogen-bond acceptors (Lipinski definition) is 2. The van der Waals surface area contributed by atoms with E-state index in [1.807, 2.05) is 0 Å². The van der Waals surface area contributed by atoms with Crippen molar-refractivity contribution in [3.05, 3.63) is 0 Å². The third-order valence-corrected chi connectivity index (χ3v) is 0.670. The first-order valence-corrected chi connectivity index (χ1v) is 3.26. The maximum absolute atomic E-state index is 9.62. The second-order valence-corrected chi connectivity index (χ2v) is 2.17. The zero-order chi connectivity index (χ0) is 7.98. The SMILES string of the molecule is C1CC1.NC(=O)NC(=O)Cl. The number of carbonyl (C=O) groups excluding carboxylic acids is 2. The zero-order valence-electron chi connectivity index (χ0n) is 5.39. The van der Waals surface area contributed by atoms with Gasteiger partial charge in [-0.2, -0.15) is 0 Å². The van der Waals surface area contributed by atoms with Gasteiger partial charge >= 0.3 is 11.4 Å². The average molecular weight is 165 g/mol. The van der Waals surface area contributed by atoms with Gasteiger partial charge in [0.25, 0.3) is 0 Å². The molecule has 0 aromatic carbocycles. The minimum Gasteiger partial charge on any atom is -0.351 e. The summed E-state index contributed by atoms with van der Waals surface area (Å²) in [5, 5.41) is 0.606. The molecule has 1 aliphatic rings. The van der Waals surface area contributed by atoms with Crippen molar-refractivity contribution in [2.45, 2.75) is 19.3 Å². The van der Waals surface area contributed by atoms with Crippen LogP contribution in [0.1, 0.15) is 19.3 Å². The summed E-state index contributed by atoms with van der Waals surface area (Å²) in [7, 11) is 0. The van der Waals surface area contributed by atoms with Gasteiger partial charge in [0.2, 0.25) is 0 Å². The minimum atomic E-state index is -0.965. The quantitative estimate of drug-likeness (QED) is 0.417. The van der Waals surface area contributed by atoms with E-state index in [0.717, 1.165) is 0 Å². The van der Waals surface area contributed by atoms with Crippen LogP contribution in [0.5, 0.6) is 0 Å². The molecule has 3 amide bonds. The Labute approximate surface area is 63.7 Å². The van der Waals surface area contributed by atoms with Gasteiger partial charge in [0.15, 0.2) is 0 Å². The first-order valence-electron chi connectivity index (χ1n) is 2.89. The molecule has 58 valence electrons. The Kier molecular flexibility index (Phi) is 4.66. The lowest BCUT2D eigenvalue weighted by Crippen LogP contribution is -2.30. The zero-order valence-corrected chi connectivity index (χ0v) is 6.15. The number of urea groups is 1. The maximum atomic E-state index is 9.62. The lowest BCUT2D eigenvalue weighted by Gasteiger charge is -1.85. The Morgan fingerprint density at radius 2 is 1.70 bits per heavy atom. The van der Waals surface area contributed by atoms with Crippen molar-refractivity contribution in [1.29, 1.82) is 0 Å². The summed E-state index contributed by atoms with van der Waals surface area (Å²) in [5.41, 5.74) is 4.44. The molecule has 0 spiro atoms. The number of amides is 3. The van der Waals surface area contributed by atoms with E-state index >= 15 is 0 Å². The number of halogens is 1. The normalized spacial score (nSPS) is 12.5. The molecule has 5 heteroatoms. The monoisotopic (exact) mass is 164 g/mol. The molecule has 1 aliphatic carbocycles. The highest BCUT2D eigenvalue weighted by Crippen LogP contribution is 2.14. The summed E-state index contributed by atoms with van der Waals surface area (Å²) in [6, 6.07) is -0.944. The number of hydrogen-bond donors (Lipinski definition) is 2. The summed E-state index contributed by atoms with van der Waals surface area (Å²) in [6.45, 7) is 0. The van der Waals surface area contributed by atoms with Gasteiger partial charge in [0.1, 0.15) is 0 Å². The molecule has 0 aliphatic heterocycles. The lowest BCUT2D eigenvalue weighted by molar-refractivity contribution is 0.242. The molecule has 0 aromatic rings. The van der Waals surface area contributed by atoms with Crippen LogP contribution in [0.25, 0.3) is 0 Å². The molecule has 0 aromatic heterocycles. The number of primary amides is 1. The van der Waals surface area contributed by atoms with E-state index in [-0.39, 0.29) is 0 Å². The predicted octanol–water partition coefficient (Wildman–Crippen LogP) is 1.18. The number of carbonyl (C=O) groups is 2. The fraction of sp³-hybridized carbons (Fsp3) is 0.600. The van der Waals surface area contributed by atoms with Crippen molar-refractivity contribution in [2.75, 3.05) is 0 Å². The molecule has 0 unspecified atom stereocenters. The van der Waals surface area contributed by atoms with Gasteiger partial charge in [-0.15, -0.1) is 0 Å². The highest BCUT2D eigenvalue weighted by Gasteiger charge is 1.95. The largest absolute Gasteiger partial charge is 0.351 e. The van der Waals surface area contributed by atoms with Gasteiger partial charge in [-0.3, -0.25) is 10.1 Å². The van der Waals surface area contributed by atoms with Crippen molar-refractivity contribution in [3.63, 3.8) is 0 Å². The average Bonchev–Trinajstić information content (AvgIpc) is 2.38. The predicted molar refractivity (Wildman–Crippen MR) is 37.8 cm³/mol. The van der Waals surface area contributed by atoms with Gasteiger partial charge in [0, 0.05) is 0 Å². The van der Waals surface area contributed by atoms with Crippen molar-refractivity contribution in [1.82, 2.24) is 5.32 Å². The van der Waals surface area contributed by atoms with Crippen LogP contribution in [0.2, 0.25) is 0 Å². The van der Waals surface area contributed by atoms with Gasteiger partial charge in [-0.05, 0) is 11.6 Å². The van der Waals surface area contributed by atoms with Gasteiger partial charge in [0.05, 0.1) is 0 Å². The van der Waals surface area contributed by atoms with Crippen molar-refractivity contribution < 1.29 is 9.59 Å². The van der Waals surface area contributed by atoms with Gasteiger partial charge in [-0.1, -0.05) is 19.3 Å². The lowest BCUT2D eigenvalue weighted by atomic mass is 11.0. The number of rotatable bonds is 0. The standard InChI is InChI=1S/C3H6.C2H3ClN2O2/c1-2-3-1;3-1(6)5-2(4)7/h1-3H2;(H3,4,5,6,7). The molecule has 10 heavy (non-hydrogen) atoms. The Balaban J connectivity index is 0.000000219. The minimum absolute atomic E-state index is 0.944. The molecule has 1 saturated carbocycles. The molecule has 3 N–H and O–H groups in total. The van der Waals surface area contributed by atoms with Gasteiger partial charge < -0.3 is 5.73 Å². The molecule has 1 fully saturated rings. The van der Waals surface area contributed by atoms with Crippen molar-refractivity contribution in [2.24, 2.45) is 5.73 Å². The number of imide groups is 1. The molecule has 0 saturated heterocycles. The highest BCUT2D eigenvalue weighted by molar-refractivity contribution is 6.64. The maximum Gasteiger partial charge on any atom is 0.321 e. The molecular formula is C5H9ClN2O2. The highest BCUT2D eigenvalue weighted by atomic mass is 35.5. The van der Waals surface area contributed by atoms with Crippen LogP contribution < -0.4 is 11.1 Å². The molecule has 0 bridgehead atoms. The summed E-state index contributed by atoms with van der Waals surface area (Å²) in [6.07, 6.45) is 4.50. The Bertz CT molecular complexity index is 121. The fourth-order valence-corrected chi connectivity index (χ4v) is 0.190. The van der Waals surface area contributed by atoms with Gasteiger partial charge in [-0.25, -0.2) is 4.79 Å². The molecule has 0 heterocycles. The van der Waals surface area contributed by atoms with Crippen LogP contribution in [-0.2, 0) is 0 Å². The molecule has 4 nitrogen and oxygen atoms in total. The van der Waals surface area contributed by atoms with Crippen LogP contribution >= 0.6 is 11.6 Å². The molecule has 0 radical (unpaired) electrons. The van der Waals surface area contributed by atoms with E-state index < -0.39 is 11.4 Å². The van der Waals surface area contributed by atoms with Crippen LogP contribution in [-0.4, -0.2) is 11.4 Å². The summed E-state index contributed by atoms with van der Waals surface area (Å²) >= 11 is 4.62. The Morgan fingerprint density at radius 1 is 1.30 bits per heavy atom. The molecule has 0 atom stereocenters. The van der Waals surface area contributed by atoms with E-state index in [1.165, 1.54) is 19.3 Å². The van der Waals surface area contributed by atoms with Crippen LogP contribution in [0.4, 0.5) is 9.59 Å². The Morgan fingerprint density at radius 3 is 1.70 bits per heavy atom. The van der Waals surface area contributed by atoms with E-state index in [2.05, 4.69) is 17.3 Å². The molecular weight excluding hydrogens is 156 g/mol. The number of nitrogens with two attached hydrogens (primary N) is 1. The Hall–Kier alpha value is -0.770. The van der Waals surface area contributed by atoms with E-state index in [4.69, 9.17) is 0 Å². The third kappa shape index (κ3) is 15.7. The van der Waals surface area contributed by atoms with E-state index in [1.54, 1.807) is 5.32 Å². The summed E-state index contributed by atoms with van der Waals surface area (Å²) < 4.78 is 0. The number of nitrogens with one attached hydrogen (secondary N) is 1. The van der Waals surface area contributed by atoms with Crippen molar-refractivity contribution in [3.8, 4) is 0 Å². The fourth-order valence-electron chi connectivity index (χ4n) is 0.0969. The topological polar surface area (TPSA) is 72.2 Å². The third-order valence-electron chi connectivity index (χ3n) is 0.575. The van der Waals surface area contributed by atoms with Crippen LogP contribution in [0.3, 0.4) is 0 Å². The first kappa shape index (κ1) is 9.23. The van der Waals surface area contributed by atoms with Crippen LogP contribution in [0.15, 0.2) is 0 Å². The second kappa shape index (κ2) is 5.05. The van der Waals surface area contributed by atoms with E-state index in [0.29, 0.717) is 0 Å². The first-order chi connectivity index (χ1) is 4.63. The smallest absolute Gasteiger partial charge is 0.321 e. The molecule has 1 rings (SSSR count). The summed E-state index contributed by atoms with van der Waals surface area (Å²) in [4.78, 5) is 19.2. The van der Waals surface area contributed by atoms with E-state index in [9.17, 15) is 9.59 Å². The second-order valence-electron chi connectivity index (χ2n) is 1.82. The van der Waals surface area contributed by atoms with Crippen LogP contribution in [0, 0.1) is 0 Å². The summed E-state index contributed by atoms with van der Waals surface area (Å²) in [5.74, 6) is 0. The van der Waals surface area contributed by atoms with Crippen molar-refractivity contribution >= 4 is 23.0 Å².